The van der Waals surface area contributed by atoms with E-state index in [1.807, 2.05) is 66.7 Å². The van der Waals surface area contributed by atoms with Crippen LogP contribution in [0.25, 0.3) is 122 Å². The van der Waals surface area contributed by atoms with Crippen LogP contribution in [-0.4, -0.2) is 15.0 Å². The summed E-state index contributed by atoms with van der Waals surface area (Å²) in [6, 6.07) is 78.6. The lowest BCUT2D eigenvalue weighted by Crippen LogP contribution is -2.02. The molecule has 0 aliphatic heterocycles. The first-order chi connectivity index (χ1) is 31.7. The van der Waals surface area contributed by atoms with Gasteiger partial charge in [-0.25, -0.2) is 15.0 Å². The standard InChI is InChI=1S/C60H36N4/c61-37-45-32-31-43(38-27-29-39(30-28-38)44-33-34-50-51-25-11-17-41-18-12-26-52(57(41)51)56(50)36-44)35-55(45)49-21-7-9-23-54(49)60-63-58(42-14-2-1-3-15-42)62-59(64-60)53-22-8-6-20-48(53)47-24-10-16-40-13-4-5-19-46(40)47/h1-36H. The fourth-order valence-corrected chi connectivity index (χ4v) is 9.49. The summed E-state index contributed by atoms with van der Waals surface area (Å²) in [5, 5.41) is 15.5. The van der Waals surface area contributed by atoms with Gasteiger partial charge in [0.05, 0.1) is 11.6 Å². The largest absolute Gasteiger partial charge is 0.208 e. The first-order valence-corrected chi connectivity index (χ1v) is 21.5. The summed E-state index contributed by atoms with van der Waals surface area (Å²) >= 11 is 0. The summed E-state index contributed by atoms with van der Waals surface area (Å²) in [5.74, 6) is 1.67. The summed E-state index contributed by atoms with van der Waals surface area (Å²) in [6.45, 7) is 0. The molecule has 0 spiro atoms. The molecular formula is C60H36N4. The van der Waals surface area contributed by atoms with E-state index in [2.05, 4.69) is 158 Å². The Hall–Kier alpha value is -8.78. The second kappa shape index (κ2) is 15.3. The van der Waals surface area contributed by atoms with Crippen molar-refractivity contribution in [2.75, 3.05) is 0 Å². The van der Waals surface area contributed by atoms with E-state index < -0.39 is 0 Å². The van der Waals surface area contributed by atoms with Crippen molar-refractivity contribution < 1.29 is 0 Å². The predicted molar refractivity (Wildman–Crippen MR) is 262 cm³/mol. The Bertz CT molecular complexity index is 3670. The molecular weight excluding hydrogens is 777 g/mol. The predicted octanol–water partition coefficient (Wildman–Crippen LogP) is 15.4. The van der Waals surface area contributed by atoms with Gasteiger partial charge in [-0.05, 0) is 101 Å². The van der Waals surface area contributed by atoms with Crippen LogP contribution in [0.5, 0.6) is 0 Å². The van der Waals surface area contributed by atoms with Crippen LogP contribution in [0.2, 0.25) is 0 Å². The number of nitrogens with zero attached hydrogens (tertiary/aromatic N) is 4. The third kappa shape index (κ3) is 6.26. The van der Waals surface area contributed by atoms with E-state index in [9.17, 15) is 5.26 Å². The zero-order valence-corrected chi connectivity index (χ0v) is 34.6. The van der Waals surface area contributed by atoms with Gasteiger partial charge in [0.25, 0.3) is 0 Å². The molecule has 0 atom stereocenters. The molecule has 0 N–H and O–H groups in total. The number of aromatic nitrogens is 3. The second-order valence-corrected chi connectivity index (χ2v) is 16.2. The Morgan fingerprint density at radius 3 is 1.41 bits per heavy atom. The van der Waals surface area contributed by atoms with Gasteiger partial charge in [0.1, 0.15) is 0 Å². The summed E-state index contributed by atoms with van der Waals surface area (Å²) in [7, 11) is 0. The molecule has 1 heterocycles. The van der Waals surface area contributed by atoms with E-state index in [1.54, 1.807) is 0 Å². The van der Waals surface area contributed by atoms with Gasteiger partial charge < -0.3 is 0 Å². The summed E-state index contributed by atoms with van der Waals surface area (Å²) in [5.41, 5.74) is 16.5. The van der Waals surface area contributed by atoms with E-state index in [0.717, 1.165) is 61.0 Å². The lowest BCUT2D eigenvalue weighted by molar-refractivity contribution is 1.07. The lowest BCUT2D eigenvalue weighted by atomic mass is 9.91. The highest BCUT2D eigenvalue weighted by Gasteiger charge is 2.23. The lowest BCUT2D eigenvalue weighted by Gasteiger charge is -2.15. The zero-order chi connectivity index (χ0) is 42.6. The third-order valence-electron chi connectivity index (χ3n) is 12.6. The van der Waals surface area contributed by atoms with Crippen LogP contribution in [-0.2, 0) is 0 Å². The van der Waals surface area contributed by atoms with Crippen LogP contribution in [0.3, 0.4) is 0 Å². The number of rotatable bonds is 7. The maximum absolute atomic E-state index is 10.5. The van der Waals surface area contributed by atoms with E-state index in [-0.39, 0.29) is 0 Å². The quantitative estimate of drug-likeness (QED) is 0.161. The number of nitriles is 1. The van der Waals surface area contributed by atoms with E-state index in [0.29, 0.717) is 23.0 Å². The van der Waals surface area contributed by atoms with Crippen LogP contribution in [0.4, 0.5) is 0 Å². The molecule has 1 aromatic heterocycles. The third-order valence-corrected chi connectivity index (χ3v) is 12.6. The van der Waals surface area contributed by atoms with Gasteiger partial charge in [-0.3, -0.25) is 0 Å². The average molecular weight is 813 g/mol. The Kier molecular flexibility index (Phi) is 8.84. The smallest absolute Gasteiger partial charge is 0.164 e. The van der Waals surface area contributed by atoms with E-state index >= 15 is 0 Å². The molecule has 12 rings (SSSR count). The summed E-state index contributed by atoms with van der Waals surface area (Å²) in [4.78, 5) is 15.6. The van der Waals surface area contributed by atoms with Crippen molar-refractivity contribution in [2.24, 2.45) is 0 Å². The van der Waals surface area contributed by atoms with Crippen molar-refractivity contribution in [3.05, 3.63) is 224 Å². The van der Waals surface area contributed by atoms with Crippen molar-refractivity contribution in [3.8, 4) is 107 Å². The fraction of sp³-hybridized carbons (Fsp3) is 0. The van der Waals surface area contributed by atoms with Crippen molar-refractivity contribution in [1.29, 1.82) is 5.26 Å². The molecule has 4 nitrogen and oxygen atoms in total. The van der Waals surface area contributed by atoms with Gasteiger partial charge in [0, 0.05) is 22.3 Å². The summed E-state index contributed by atoms with van der Waals surface area (Å²) < 4.78 is 0. The topological polar surface area (TPSA) is 62.5 Å². The Morgan fingerprint density at radius 2 is 0.734 bits per heavy atom. The first-order valence-electron chi connectivity index (χ1n) is 21.5. The van der Waals surface area contributed by atoms with E-state index in [4.69, 9.17) is 15.0 Å². The van der Waals surface area contributed by atoms with Gasteiger partial charge in [-0.1, -0.05) is 200 Å². The number of hydrogen-bond donors (Lipinski definition) is 0. The molecule has 0 amide bonds. The van der Waals surface area contributed by atoms with Crippen molar-refractivity contribution >= 4 is 21.5 Å². The molecule has 10 aromatic carbocycles. The zero-order valence-electron chi connectivity index (χ0n) is 34.6. The molecule has 64 heavy (non-hydrogen) atoms. The minimum Gasteiger partial charge on any atom is -0.208 e. The van der Waals surface area contributed by atoms with Crippen molar-refractivity contribution in [3.63, 3.8) is 0 Å². The van der Waals surface area contributed by atoms with Gasteiger partial charge in [0.15, 0.2) is 17.5 Å². The van der Waals surface area contributed by atoms with Crippen molar-refractivity contribution in [1.82, 2.24) is 15.0 Å². The molecule has 0 fully saturated rings. The highest BCUT2D eigenvalue weighted by molar-refractivity contribution is 6.15. The molecule has 1 aliphatic carbocycles. The number of fused-ring (bicyclic) bond motifs is 4. The molecule has 0 bridgehead atoms. The maximum Gasteiger partial charge on any atom is 0.164 e. The normalized spacial score (nSPS) is 11.4. The van der Waals surface area contributed by atoms with E-state index in [1.165, 1.54) is 44.0 Å². The van der Waals surface area contributed by atoms with Crippen molar-refractivity contribution in [2.45, 2.75) is 0 Å². The van der Waals surface area contributed by atoms with Gasteiger partial charge in [-0.2, -0.15) is 5.26 Å². The Morgan fingerprint density at radius 1 is 0.281 bits per heavy atom. The summed E-state index contributed by atoms with van der Waals surface area (Å²) in [6.07, 6.45) is 0. The molecule has 11 aromatic rings. The fourth-order valence-electron chi connectivity index (χ4n) is 9.49. The Balaban J connectivity index is 0.946. The molecule has 0 saturated carbocycles. The SMILES string of the molecule is N#Cc1ccc(-c2ccc(-c3ccc4c(c3)-c3cccc5cccc-4c35)cc2)cc1-c1ccccc1-c1nc(-c2ccccc2)nc(-c2ccccc2-c2cccc3ccccc23)n1. The molecule has 0 saturated heterocycles. The molecule has 0 radical (unpaired) electrons. The monoisotopic (exact) mass is 812 g/mol. The van der Waals surface area contributed by atoms with Crippen LogP contribution in [0, 0.1) is 11.3 Å². The van der Waals surface area contributed by atoms with Gasteiger partial charge in [-0.15, -0.1) is 0 Å². The maximum atomic E-state index is 10.5. The van der Waals surface area contributed by atoms with Gasteiger partial charge >= 0.3 is 0 Å². The minimum absolute atomic E-state index is 0.527. The molecule has 4 heteroatoms. The highest BCUT2D eigenvalue weighted by Crippen LogP contribution is 2.48. The average Bonchev–Trinajstić information content (AvgIpc) is 3.70. The first kappa shape index (κ1) is 37.0. The minimum atomic E-state index is 0.527. The van der Waals surface area contributed by atoms with Crippen LogP contribution < -0.4 is 0 Å². The van der Waals surface area contributed by atoms with Crippen LogP contribution in [0.15, 0.2) is 218 Å². The van der Waals surface area contributed by atoms with Crippen LogP contribution in [0.1, 0.15) is 5.56 Å². The Labute approximate surface area is 371 Å². The second-order valence-electron chi connectivity index (χ2n) is 16.2. The van der Waals surface area contributed by atoms with Gasteiger partial charge in [0.2, 0.25) is 0 Å². The van der Waals surface area contributed by atoms with Crippen LogP contribution >= 0.6 is 0 Å². The number of hydrogen-bond acceptors (Lipinski definition) is 4. The molecule has 0 unspecified atom stereocenters. The molecule has 1 aliphatic rings. The highest BCUT2D eigenvalue weighted by atomic mass is 15.0. The number of benzene rings is 10. The molecule has 296 valence electrons.